The highest BCUT2D eigenvalue weighted by Gasteiger charge is 2.24. The third-order valence-electron chi connectivity index (χ3n) is 6.85. The highest BCUT2D eigenvalue weighted by molar-refractivity contribution is 7.99. The van der Waals surface area contributed by atoms with Crippen LogP contribution < -0.4 is 4.90 Å². The number of ether oxygens (including phenoxy) is 2. The molecule has 0 spiro atoms. The van der Waals surface area contributed by atoms with Crippen molar-refractivity contribution in [1.82, 2.24) is 4.90 Å². The molecule has 1 heterocycles. The number of unbranched alkanes of at least 4 members (excludes halogenated alkanes) is 2. The summed E-state index contributed by atoms with van der Waals surface area (Å²) in [5.41, 5.74) is 3.71. The van der Waals surface area contributed by atoms with Crippen LogP contribution in [-0.2, 0) is 9.47 Å². The fourth-order valence-corrected chi connectivity index (χ4v) is 5.52. The van der Waals surface area contributed by atoms with Gasteiger partial charge >= 0.3 is 11.9 Å². The van der Waals surface area contributed by atoms with Gasteiger partial charge in [-0.25, -0.2) is 9.59 Å². The number of para-hydroxylation sites is 1. The third-order valence-corrected chi connectivity index (χ3v) is 7.98. The van der Waals surface area contributed by atoms with Crippen LogP contribution in [0.25, 0.3) is 0 Å². The van der Waals surface area contributed by atoms with E-state index in [2.05, 4.69) is 54.2 Å². The average molecular weight is 605 g/mol. The lowest BCUT2D eigenvalue weighted by atomic mass is 10.1. The highest BCUT2D eigenvalue weighted by Crippen LogP contribution is 2.48. The molecule has 0 bridgehead atoms. The molecule has 43 heavy (non-hydrogen) atoms. The summed E-state index contributed by atoms with van der Waals surface area (Å²) in [5.74, 6) is -0.826. The largest absolute Gasteiger partial charge is 0.462 e. The molecule has 1 aliphatic heterocycles. The van der Waals surface area contributed by atoms with Gasteiger partial charge in [0.15, 0.2) is 5.78 Å². The first kappa shape index (κ1) is 33.9. The Labute approximate surface area is 260 Å². The lowest BCUT2D eigenvalue weighted by molar-refractivity contribution is 0.0452. The van der Waals surface area contributed by atoms with Crippen LogP contribution in [0.2, 0.25) is 0 Å². The van der Waals surface area contributed by atoms with Gasteiger partial charge in [0.2, 0.25) is 0 Å². The summed E-state index contributed by atoms with van der Waals surface area (Å²) in [6.07, 6.45) is 4.61. The zero-order valence-corrected chi connectivity index (χ0v) is 26.9. The average Bonchev–Trinajstić information content (AvgIpc) is 3.00. The molecule has 0 atom stereocenters. The van der Waals surface area contributed by atoms with Crippen LogP contribution in [0.1, 0.15) is 83.9 Å². The van der Waals surface area contributed by atoms with Crippen LogP contribution >= 0.6 is 11.8 Å². The number of carbonyl (C=O) groups is 3. The monoisotopic (exact) mass is 604 g/mol. The maximum Gasteiger partial charge on any atom is 0.339 e. The minimum Gasteiger partial charge on any atom is -0.462 e. The SMILES string of the molecule is CC(=O)c1ccc2c(c1)N(CCCN(C)C)c1ccccc1S2.CCCCOC(=O)c1ccccc1C(=O)OCCCC. The predicted molar refractivity (Wildman–Crippen MR) is 174 cm³/mol. The molecule has 0 saturated carbocycles. The van der Waals surface area contributed by atoms with Gasteiger partial charge in [0, 0.05) is 21.9 Å². The number of carbonyl (C=O) groups excluding carboxylic acids is 3. The van der Waals surface area contributed by atoms with E-state index in [0.717, 1.165) is 56.4 Å². The molecule has 1 aliphatic rings. The topological polar surface area (TPSA) is 76.2 Å². The maximum atomic E-state index is 11.9. The molecule has 230 valence electrons. The molecule has 0 fully saturated rings. The number of hydrogen-bond acceptors (Lipinski definition) is 8. The summed E-state index contributed by atoms with van der Waals surface area (Å²) >= 11 is 1.78. The Kier molecular flexibility index (Phi) is 13.8. The van der Waals surface area contributed by atoms with E-state index in [9.17, 15) is 14.4 Å². The molecule has 0 aromatic heterocycles. The molecule has 0 unspecified atom stereocenters. The van der Waals surface area contributed by atoms with Crippen molar-refractivity contribution >= 4 is 40.9 Å². The summed E-state index contributed by atoms with van der Waals surface area (Å²) in [6, 6.07) is 21.1. The van der Waals surface area contributed by atoms with Gasteiger partial charge in [-0.05, 0) is 83.2 Å². The molecule has 0 saturated heterocycles. The molecular weight excluding hydrogens is 560 g/mol. The van der Waals surface area contributed by atoms with Gasteiger partial charge in [0.05, 0.1) is 35.7 Å². The van der Waals surface area contributed by atoms with Crippen LogP contribution in [0.4, 0.5) is 11.4 Å². The lowest BCUT2D eigenvalue weighted by Gasteiger charge is -2.33. The summed E-state index contributed by atoms with van der Waals surface area (Å²) in [6.45, 7) is 8.41. The Morgan fingerprint density at radius 1 is 0.744 bits per heavy atom. The standard InChI is InChI=1S/C19H22N2OS.C16H22O4/c1-14(22)15-9-10-19-17(13-15)21(12-6-11-20(2)3)16-7-4-5-8-18(16)23-19;1-3-5-11-19-15(17)13-9-7-8-10-14(13)16(18)20-12-6-4-2/h4-5,7-10,13H,6,11-12H2,1-3H3;7-10H,3-6,11-12H2,1-2H3. The Morgan fingerprint density at radius 2 is 1.30 bits per heavy atom. The van der Waals surface area contributed by atoms with Crippen molar-refractivity contribution in [2.24, 2.45) is 0 Å². The van der Waals surface area contributed by atoms with Gasteiger partial charge in [0.1, 0.15) is 0 Å². The van der Waals surface area contributed by atoms with Crippen LogP contribution in [0.3, 0.4) is 0 Å². The zero-order chi connectivity index (χ0) is 31.2. The van der Waals surface area contributed by atoms with Gasteiger partial charge < -0.3 is 19.3 Å². The van der Waals surface area contributed by atoms with E-state index in [0.29, 0.717) is 13.2 Å². The van der Waals surface area contributed by atoms with Crippen molar-refractivity contribution in [2.45, 2.75) is 62.7 Å². The first-order valence-corrected chi connectivity index (χ1v) is 15.9. The van der Waals surface area contributed by atoms with Gasteiger partial charge in [-0.3, -0.25) is 4.79 Å². The van der Waals surface area contributed by atoms with Crippen molar-refractivity contribution in [3.63, 3.8) is 0 Å². The van der Waals surface area contributed by atoms with Gasteiger partial charge in [-0.15, -0.1) is 0 Å². The normalized spacial score (nSPS) is 11.6. The smallest absolute Gasteiger partial charge is 0.339 e. The van der Waals surface area contributed by atoms with E-state index >= 15 is 0 Å². The van der Waals surface area contributed by atoms with Crippen molar-refractivity contribution in [3.8, 4) is 0 Å². The fraction of sp³-hybridized carbons (Fsp3) is 0.400. The number of benzene rings is 3. The zero-order valence-electron chi connectivity index (χ0n) is 26.1. The Balaban J connectivity index is 0.000000238. The Hall–Kier alpha value is -3.62. The van der Waals surface area contributed by atoms with Crippen LogP contribution in [0, 0.1) is 0 Å². The van der Waals surface area contributed by atoms with E-state index in [4.69, 9.17) is 9.47 Å². The summed E-state index contributed by atoms with van der Waals surface area (Å²) < 4.78 is 10.3. The third kappa shape index (κ3) is 9.97. The Morgan fingerprint density at radius 3 is 1.86 bits per heavy atom. The van der Waals surface area contributed by atoms with Crippen molar-refractivity contribution < 1.29 is 23.9 Å². The first-order valence-electron chi connectivity index (χ1n) is 15.0. The van der Waals surface area contributed by atoms with Gasteiger partial charge in [-0.1, -0.05) is 68.8 Å². The molecule has 0 amide bonds. The number of anilines is 2. The minimum atomic E-state index is -0.471. The molecule has 0 N–H and O–H groups in total. The van der Waals surface area contributed by atoms with E-state index in [1.165, 1.54) is 15.5 Å². The second kappa shape index (κ2) is 17.5. The molecule has 7 nitrogen and oxygen atoms in total. The molecule has 3 aromatic rings. The van der Waals surface area contributed by atoms with E-state index < -0.39 is 11.9 Å². The molecular formula is C35H44N2O5S. The molecule has 3 aromatic carbocycles. The van der Waals surface area contributed by atoms with Crippen LogP contribution in [0.15, 0.2) is 76.5 Å². The minimum absolute atomic E-state index is 0.116. The van der Waals surface area contributed by atoms with Gasteiger partial charge in [0.25, 0.3) is 0 Å². The number of esters is 2. The summed E-state index contributed by atoms with van der Waals surface area (Å²) in [7, 11) is 4.20. The number of fused-ring (bicyclic) bond motifs is 2. The van der Waals surface area contributed by atoms with Crippen LogP contribution in [0.5, 0.6) is 0 Å². The van der Waals surface area contributed by atoms with E-state index in [-0.39, 0.29) is 16.9 Å². The van der Waals surface area contributed by atoms with Crippen LogP contribution in [-0.4, -0.2) is 63.0 Å². The number of nitrogens with zero attached hydrogens (tertiary/aromatic N) is 2. The van der Waals surface area contributed by atoms with E-state index in [1.54, 1.807) is 43.0 Å². The quantitative estimate of drug-likeness (QED) is 0.110. The van der Waals surface area contributed by atoms with Crippen molar-refractivity contribution in [3.05, 3.63) is 83.4 Å². The Bertz CT molecular complexity index is 1330. The fourth-order valence-electron chi connectivity index (χ4n) is 4.45. The lowest BCUT2D eigenvalue weighted by Crippen LogP contribution is -2.25. The molecule has 8 heteroatoms. The first-order chi connectivity index (χ1) is 20.8. The maximum absolute atomic E-state index is 11.9. The van der Waals surface area contributed by atoms with Crippen molar-refractivity contribution in [2.75, 3.05) is 45.3 Å². The highest BCUT2D eigenvalue weighted by atomic mass is 32.2. The van der Waals surface area contributed by atoms with Crippen molar-refractivity contribution in [1.29, 1.82) is 0 Å². The van der Waals surface area contributed by atoms with Gasteiger partial charge in [-0.2, -0.15) is 0 Å². The number of Topliss-reactive ketones (excluding diaryl/α,β-unsaturated/α-hetero) is 1. The second-order valence-corrected chi connectivity index (χ2v) is 11.7. The second-order valence-electron chi connectivity index (χ2n) is 10.6. The summed E-state index contributed by atoms with van der Waals surface area (Å²) in [4.78, 5) is 42.7. The number of hydrogen-bond donors (Lipinski definition) is 0. The van der Waals surface area contributed by atoms with E-state index in [1.807, 2.05) is 26.0 Å². The number of rotatable bonds is 13. The summed E-state index contributed by atoms with van der Waals surface area (Å²) in [5, 5.41) is 0. The molecule has 0 aliphatic carbocycles. The molecule has 0 radical (unpaired) electrons. The molecule has 4 rings (SSSR count). The number of ketones is 1. The predicted octanol–water partition coefficient (Wildman–Crippen LogP) is 8.04.